The van der Waals surface area contributed by atoms with Crippen molar-refractivity contribution >= 4 is 22.7 Å². The molecule has 2 aromatic rings. The number of aryl methyl sites for hydroxylation is 1. The fraction of sp³-hybridized carbons (Fsp3) is 0.474. The summed E-state index contributed by atoms with van der Waals surface area (Å²) >= 11 is 1.56. The minimum Gasteiger partial charge on any atom is -0.376 e. The lowest BCUT2D eigenvalue weighted by atomic mass is 9.90. The second-order valence-electron chi connectivity index (χ2n) is 6.43. The molecule has 0 unspecified atom stereocenters. The third-order valence-corrected chi connectivity index (χ3v) is 5.16. The van der Waals surface area contributed by atoms with Crippen LogP contribution in [0.1, 0.15) is 48.9 Å². The molecule has 1 aliphatic carbocycles. The Morgan fingerprint density at radius 3 is 3.00 bits per heavy atom. The third kappa shape index (κ3) is 5.42. The standard InChI is InChI=1S/C19H25N3OS/c1-15-14-24-19(21-15)22-20-11-17-8-5-9-18(10-17)13-23-12-16-6-3-2-4-7-16/h5,8-11,14,16H,2-4,6-7,12-13H2,1H3,(H,21,22). The molecule has 1 aliphatic rings. The maximum absolute atomic E-state index is 5.92. The van der Waals surface area contributed by atoms with E-state index in [1.807, 2.05) is 30.7 Å². The van der Waals surface area contributed by atoms with Crippen LogP contribution in [-0.4, -0.2) is 17.8 Å². The Balaban J connectivity index is 1.46. The molecule has 0 radical (unpaired) electrons. The number of hydrogen-bond acceptors (Lipinski definition) is 5. The van der Waals surface area contributed by atoms with Gasteiger partial charge >= 0.3 is 0 Å². The van der Waals surface area contributed by atoms with E-state index in [4.69, 9.17) is 4.74 Å². The van der Waals surface area contributed by atoms with E-state index < -0.39 is 0 Å². The molecule has 1 aromatic carbocycles. The van der Waals surface area contributed by atoms with Gasteiger partial charge in [-0.05, 0) is 42.9 Å². The van der Waals surface area contributed by atoms with Crippen LogP contribution in [0.15, 0.2) is 34.7 Å². The van der Waals surface area contributed by atoms with Crippen LogP contribution in [0.4, 0.5) is 5.13 Å². The highest BCUT2D eigenvalue weighted by atomic mass is 32.1. The molecular formula is C19H25N3OS. The van der Waals surface area contributed by atoms with Crippen molar-refractivity contribution in [3.8, 4) is 0 Å². The molecule has 4 nitrogen and oxygen atoms in total. The van der Waals surface area contributed by atoms with Gasteiger partial charge in [-0.2, -0.15) is 5.10 Å². The Morgan fingerprint density at radius 2 is 2.21 bits per heavy atom. The summed E-state index contributed by atoms with van der Waals surface area (Å²) < 4.78 is 5.92. The van der Waals surface area contributed by atoms with Gasteiger partial charge in [-0.15, -0.1) is 11.3 Å². The van der Waals surface area contributed by atoms with Gasteiger partial charge in [0.05, 0.1) is 18.5 Å². The number of hydrogen-bond donors (Lipinski definition) is 1. The lowest BCUT2D eigenvalue weighted by Gasteiger charge is -2.21. The molecule has 0 aliphatic heterocycles. The van der Waals surface area contributed by atoms with Crippen molar-refractivity contribution in [2.45, 2.75) is 45.6 Å². The Bertz CT molecular complexity index is 662. The topological polar surface area (TPSA) is 46.5 Å². The zero-order chi connectivity index (χ0) is 16.6. The third-order valence-electron chi connectivity index (χ3n) is 4.29. The Hall–Kier alpha value is -1.72. The smallest absolute Gasteiger partial charge is 0.203 e. The van der Waals surface area contributed by atoms with Gasteiger partial charge in [-0.3, -0.25) is 5.43 Å². The molecule has 24 heavy (non-hydrogen) atoms. The van der Waals surface area contributed by atoms with Gasteiger partial charge in [0, 0.05) is 12.0 Å². The van der Waals surface area contributed by atoms with E-state index in [0.717, 1.165) is 28.9 Å². The number of hydrazone groups is 1. The summed E-state index contributed by atoms with van der Waals surface area (Å²) in [5, 5.41) is 7.07. The SMILES string of the molecule is Cc1csc(NN=Cc2cccc(COCC3CCCCC3)c2)n1. The first-order valence-electron chi connectivity index (χ1n) is 8.67. The van der Waals surface area contributed by atoms with Crippen molar-refractivity contribution in [1.29, 1.82) is 0 Å². The van der Waals surface area contributed by atoms with Crippen molar-refractivity contribution in [2.24, 2.45) is 11.0 Å². The van der Waals surface area contributed by atoms with Gasteiger partial charge in [0.25, 0.3) is 0 Å². The maximum Gasteiger partial charge on any atom is 0.203 e. The summed E-state index contributed by atoms with van der Waals surface area (Å²) in [6, 6.07) is 8.33. The van der Waals surface area contributed by atoms with Crippen LogP contribution < -0.4 is 5.43 Å². The molecule has 0 amide bonds. The fourth-order valence-corrected chi connectivity index (χ4v) is 3.66. The molecule has 5 heteroatoms. The number of benzene rings is 1. The Morgan fingerprint density at radius 1 is 1.33 bits per heavy atom. The Kier molecular flexibility index (Phi) is 6.38. The minimum atomic E-state index is 0.678. The van der Waals surface area contributed by atoms with Crippen molar-refractivity contribution in [1.82, 2.24) is 4.98 Å². The quantitative estimate of drug-likeness (QED) is 0.569. The molecule has 1 aromatic heterocycles. The van der Waals surface area contributed by atoms with Crippen LogP contribution >= 0.6 is 11.3 Å². The summed E-state index contributed by atoms with van der Waals surface area (Å²) in [4.78, 5) is 4.32. The molecule has 0 spiro atoms. The molecule has 1 heterocycles. The molecular weight excluding hydrogens is 318 g/mol. The molecule has 128 valence electrons. The minimum absolute atomic E-state index is 0.678. The lowest BCUT2D eigenvalue weighted by molar-refractivity contribution is 0.0739. The predicted molar refractivity (Wildman–Crippen MR) is 101 cm³/mol. The number of thiazole rings is 1. The first-order valence-corrected chi connectivity index (χ1v) is 9.55. The van der Waals surface area contributed by atoms with Crippen molar-refractivity contribution in [3.63, 3.8) is 0 Å². The highest BCUT2D eigenvalue weighted by Crippen LogP contribution is 2.24. The number of ether oxygens (including phenoxy) is 1. The Labute approximate surface area is 148 Å². The van der Waals surface area contributed by atoms with Gasteiger partial charge in [-0.1, -0.05) is 37.5 Å². The van der Waals surface area contributed by atoms with Crippen LogP contribution in [0.3, 0.4) is 0 Å². The maximum atomic E-state index is 5.92. The fourth-order valence-electron chi connectivity index (χ4n) is 3.03. The first-order chi connectivity index (χ1) is 11.8. The van der Waals surface area contributed by atoms with Crippen LogP contribution in [0.2, 0.25) is 0 Å². The highest BCUT2D eigenvalue weighted by molar-refractivity contribution is 7.13. The van der Waals surface area contributed by atoms with Crippen molar-refractivity contribution in [2.75, 3.05) is 12.0 Å². The number of nitrogens with one attached hydrogen (secondary N) is 1. The first kappa shape index (κ1) is 17.1. The summed E-state index contributed by atoms with van der Waals surface area (Å²) in [7, 11) is 0. The van der Waals surface area contributed by atoms with Gasteiger partial charge in [0.1, 0.15) is 0 Å². The van der Waals surface area contributed by atoms with E-state index in [1.54, 1.807) is 11.3 Å². The second-order valence-corrected chi connectivity index (χ2v) is 7.29. The molecule has 1 fully saturated rings. The second kappa shape index (κ2) is 8.94. The normalized spacial score (nSPS) is 15.9. The zero-order valence-corrected chi connectivity index (χ0v) is 15.0. The monoisotopic (exact) mass is 343 g/mol. The molecule has 0 bridgehead atoms. The highest BCUT2D eigenvalue weighted by Gasteiger charge is 2.13. The van der Waals surface area contributed by atoms with Gasteiger partial charge in [0.15, 0.2) is 0 Å². The van der Waals surface area contributed by atoms with Crippen LogP contribution in [0.5, 0.6) is 0 Å². The number of nitrogens with zero attached hydrogens (tertiary/aromatic N) is 2. The van der Waals surface area contributed by atoms with Crippen LogP contribution in [-0.2, 0) is 11.3 Å². The molecule has 0 atom stereocenters. The molecule has 1 N–H and O–H groups in total. The lowest BCUT2D eigenvalue weighted by Crippen LogP contribution is -2.13. The summed E-state index contributed by atoms with van der Waals surface area (Å²) in [6.07, 6.45) is 8.61. The van der Waals surface area contributed by atoms with E-state index in [1.165, 1.54) is 37.7 Å². The van der Waals surface area contributed by atoms with Crippen molar-refractivity contribution < 1.29 is 4.74 Å². The predicted octanol–water partition coefficient (Wildman–Crippen LogP) is 4.99. The van der Waals surface area contributed by atoms with E-state index in [-0.39, 0.29) is 0 Å². The van der Waals surface area contributed by atoms with E-state index >= 15 is 0 Å². The van der Waals surface area contributed by atoms with E-state index in [9.17, 15) is 0 Å². The summed E-state index contributed by atoms with van der Waals surface area (Å²) in [5.41, 5.74) is 6.23. The zero-order valence-electron chi connectivity index (χ0n) is 14.2. The largest absolute Gasteiger partial charge is 0.376 e. The van der Waals surface area contributed by atoms with Crippen LogP contribution in [0, 0.1) is 12.8 Å². The average molecular weight is 343 g/mol. The molecule has 0 saturated heterocycles. The summed E-state index contributed by atoms with van der Waals surface area (Å²) in [5.74, 6) is 0.759. The van der Waals surface area contributed by atoms with Crippen molar-refractivity contribution in [3.05, 3.63) is 46.5 Å². The number of aromatic nitrogens is 1. The van der Waals surface area contributed by atoms with Gasteiger partial charge in [0.2, 0.25) is 5.13 Å². The number of anilines is 1. The van der Waals surface area contributed by atoms with Gasteiger partial charge in [-0.25, -0.2) is 4.98 Å². The van der Waals surface area contributed by atoms with E-state index in [0.29, 0.717) is 6.61 Å². The van der Waals surface area contributed by atoms with Gasteiger partial charge < -0.3 is 4.74 Å². The number of rotatable bonds is 7. The van der Waals surface area contributed by atoms with Crippen LogP contribution in [0.25, 0.3) is 0 Å². The van der Waals surface area contributed by atoms with E-state index in [2.05, 4.69) is 27.6 Å². The summed E-state index contributed by atoms with van der Waals surface area (Å²) in [6.45, 7) is 3.54. The molecule has 1 saturated carbocycles. The average Bonchev–Trinajstić information content (AvgIpc) is 3.02. The molecule has 3 rings (SSSR count).